The Balaban J connectivity index is 1.50. The first kappa shape index (κ1) is 20.3. The van der Waals surface area contributed by atoms with E-state index in [0.717, 1.165) is 16.4 Å². The van der Waals surface area contributed by atoms with Gasteiger partial charge in [-0.2, -0.15) is 0 Å². The van der Waals surface area contributed by atoms with Crippen molar-refractivity contribution in [1.29, 1.82) is 0 Å². The number of aromatic nitrogens is 1. The second kappa shape index (κ2) is 9.70. The number of hydrogen-bond acceptors (Lipinski definition) is 7. The van der Waals surface area contributed by atoms with Crippen molar-refractivity contribution in [3.8, 4) is 0 Å². The number of carbonyl (C=O) groups excluding carboxylic acids is 3. The number of carbonyl (C=O) groups is 3. The van der Waals surface area contributed by atoms with E-state index in [2.05, 4.69) is 10.3 Å². The normalized spacial score (nSPS) is 13.6. The van der Waals surface area contributed by atoms with Gasteiger partial charge >= 0.3 is 5.97 Å². The highest BCUT2D eigenvalue weighted by Gasteiger charge is 2.21. The van der Waals surface area contributed by atoms with Crippen LogP contribution in [0.25, 0.3) is 0 Å². The maximum atomic E-state index is 12.2. The Labute approximate surface area is 171 Å². The summed E-state index contributed by atoms with van der Waals surface area (Å²) in [5, 5.41) is 4.65. The van der Waals surface area contributed by atoms with Crippen molar-refractivity contribution in [2.75, 3.05) is 29.1 Å². The summed E-state index contributed by atoms with van der Waals surface area (Å²) in [7, 11) is 0. The Hall–Kier alpha value is -2.39. The van der Waals surface area contributed by atoms with Gasteiger partial charge in [-0.15, -0.1) is 11.3 Å². The van der Waals surface area contributed by atoms with Crippen molar-refractivity contribution < 1.29 is 19.1 Å². The van der Waals surface area contributed by atoms with Gasteiger partial charge in [0.05, 0.1) is 24.5 Å². The van der Waals surface area contributed by atoms with Gasteiger partial charge in [0.15, 0.2) is 4.34 Å². The van der Waals surface area contributed by atoms with E-state index in [1.807, 2.05) is 18.2 Å². The summed E-state index contributed by atoms with van der Waals surface area (Å²) < 4.78 is 5.63. The molecule has 1 aromatic heterocycles. The van der Waals surface area contributed by atoms with Crippen LogP contribution in [0, 0.1) is 0 Å². The van der Waals surface area contributed by atoms with E-state index in [1.165, 1.54) is 23.1 Å². The largest absolute Gasteiger partial charge is 0.466 e. The van der Waals surface area contributed by atoms with Crippen molar-refractivity contribution >= 4 is 52.3 Å². The van der Waals surface area contributed by atoms with Gasteiger partial charge in [-0.05, 0) is 31.5 Å². The number of thiazole rings is 1. The molecule has 1 aliphatic heterocycles. The lowest BCUT2D eigenvalue weighted by atomic mass is 10.2. The number of hydrogen-bond donors (Lipinski definition) is 1. The molecule has 0 spiro atoms. The Morgan fingerprint density at radius 3 is 3.00 bits per heavy atom. The molecule has 1 fully saturated rings. The monoisotopic (exact) mass is 419 g/mol. The van der Waals surface area contributed by atoms with Crippen molar-refractivity contribution in [2.24, 2.45) is 0 Å². The van der Waals surface area contributed by atoms with Crippen LogP contribution in [-0.2, 0) is 25.5 Å². The molecule has 1 N–H and O–H groups in total. The number of nitrogens with one attached hydrogen (secondary N) is 1. The number of anilines is 2. The van der Waals surface area contributed by atoms with E-state index in [4.69, 9.17) is 4.74 Å². The molecule has 2 heterocycles. The summed E-state index contributed by atoms with van der Waals surface area (Å²) in [6.07, 6.45) is 1.57. The standard InChI is InChI=1S/C19H21N3O4S2/c1-2-26-18(25)10-14-11-27-19(21-14)28-12-16(23)20-13-5-3-6-15(9-13)22-8-4-7-17(22)24/h3,5-6,9,11H,2,4,7-8,10,12H2,1H3,(H,20,23). The maximum absolute atomic E-state index is 12.2. The number of ether oxygens (including phenoxy) is 1. The molecule has 9 heteroatoms. The third-order valence-corrected chi connectivity index (χ3v) is 6.07. The fourth-order valence-electron chi connectivity index (χ4n) is 2.79. The molecule has 3 rings (SSSR count). The number of rotatable bonds is 8. The van der Waals surface area contributed by atoms with Crippen LogP contribution in [0.4, 0.5) is 11.4 Å². The van der Waals surface area contributed by atoms with E-state index in [1.54, 1.807) is 23.3 Å². The SMILES string of the molecule is CCOC(=O)Cc1csc(SCC(=O)Nc2cccc(N3CCCC3=O)c2)n1. The highest BCUT2D eigenvalue weighted by molar-refractivity contribution is 8.01. The average Bonchev–Trinajstić information content (AvgIpc) is 3.29. The second-order valence-electron chi connectivity index (χ2n) is 6.12. The minimum Gasteiger partial charge on any atom is -0.466 e. The predicted octanol–water partition coefficient (Wildman–Crippen LogP) is 3.11. The second-order valence-corrected chi connectivity index (χ2v) is 8.20. The zero-order chi connectivity index (χ0) is 19.9. The molecule has 2 amide bonds. The summed E-state index contributed by atoms with van der Waals surface area (Å²) in [4.78, 5) is 41.7. The van der Waals surface area contributed by atoms with Crippen LogP contribution in [-0.4, -0.2) is 41.7 Å². The Kier molecular flexibility index (Phi) is 7.05. The molecule has 1 aromatic carbocycles. The number of amides is 2. The van der Waals surface area contributed by atoms with Crippen LogP contribution >= 0.6 is 23.1 Å². The molecule has 0 saturated carbocycles. The van der Waals surface area contributed by atoms with Crippen LogP contribution in [0.3, 0.4) is 0 Å². The van der Waals surface area contributed by atoms with Gasteiger partial charge in [0, 0.05) is 29.7 Å². The van der Waals surface area contributed by atoms with Gasteiger partial charge in [-0.3, -0.25) is 14.4 Å². The lowest BCUT2D eigenvalue weighted by molar-refractivity contribution is -0.142. The minimum atomic E-state index is -0.307. The molecule has 0 aliphatic carbocycles. The Morgan fingerprint density at radius 1 is 1.39 bits per heavy atom. The molecule has 28 heavy (non-hydrogen) atoms. The van der Waals surface area contributed by atoms with Gasteiger partial charge in [-0.25, -0.2) is 4.98 Å². The molecule has 2 aromatic rings. The van der Waals surface area contributed by atoms with Gasteiger partial charge < -0.3 is 15.0 Å². The molecule has 0 radical (unpaired) electrons. The molecule has 0 bridgehead atoms. The molecule has 0 atom stereocenters. The lowest BCUT2D eigenvalue weighted by Crippen LogP contribution is -2.23. The van der Waals surface area contributed by atoms with E-state index >= 15 is 0 Å². The van der Waals surface area contributed by atoms with Crippen LogP contribution in [0.1, 0.15) is 25.5 Å². The van der Waals surface area contributed by atoms with Gasteiger partial charge in [0.2, 0.25) is 11.8 Å². The van der Waals surface area contributed by atoms with Crippen LogP contribution in [0.15, 0.2) is 34.0 Å². The van der Waals surface area contributed by atoms with Gasteiger partial charge in [0.25, 0.3) is 0 Å². The highest BCUT2D eigenvalue weighted by Crippen LogP contribution is 2.26. The molecular weight excluding hydrogens is 398 g/mol. The first-order chi connectivity index (χ1) is 13.5. The van der Waals surface area contributed by atoms with Crippen molar-refractivity contribution in [1.82, 2.24) is 4.98 Å². The Bertz CT molecular complexity index is 868. The average molecular weight is 420 g/mol. The van der Waals surface area contributed by atoms with Gasteiger partial charge in [0.1, 0.15) is 0 Å². The molecule has 148 valence electrons. The third-order valence-electron chi connectivity index (χ3n) is 4.00. The van der Waals surface area contributed by atoms with E-state index < -0.39 is 0 Å². The van der Waals surface area contributed by atoms with Crippen molar-refractivity contribution in [2.45, 2.75) is 30.5 Å². The molecular formula is C19H21N3O4S2. The number of nitrogens with zero attached hydrogens (tertiary/aromatic N) is 2. The van der Waals surface area contributed by atoms with E-state index in [-0.39, 0.29) is 30.0 Å². The summed E-state index contributed by atoms with van der Waals surface area (Å²) in [6, 6.07) is 7.31. The minimum absolute atomic E-state index is 0.112. The topological polar surface area (TPSA) is 88.6 Å². The first-order valence-corrected chi connectivity index (χ1v) is 10.8. The lowest BCUT2D eigenvalue weighted by Gasteiger charge is -2.16. The first-order valence-electron chi connectivity index (χ1n) is 8.98. The number of esters is 1. The molecule has 0 unspecified atom stereocenters. The highest BCUT2D eigenvalue weighted by atomic mass is 32.2. The fraction of sp³-hybridized carbons (Fsp3) is 0.368. The van der Waals surface area contributed by atoms with Crippen molar-refractivity contribution in [3.63, 3.8) is 0 Å². The van der Waals surface area contributed by atoms with E-state index in [9.17, 15) is 14.4 Å². The van der Waals surface area contributed by atoms with Gasteiger partial charge in [-0.1, -0.05) is 17.8 Å². The predicted molar refractivity (Wildman–Crippen MR) is 110 cm³/mol. The molecule has 1 saturated heterocycles. The zero-order valence-corrected chi connectivity index (χ0v) is 17.1. The van der Waals surface area contributed by atoms with Crippen LogP contribution in [0.2, 0.25) is 0 Å². The summed E-state index contributed by atoms with van der Waals surface area (Å²) in [5.41, 5.74) is 2.11. The number of thioether (sulfide) groups is 1. The van der Waals surface area contributed by atoms with Crippen LogP contribution < -0.4 is 10.2 Å². The molecule has 7 nitrogen and oxygen atoms in total. The summed E-state index contributed by atoms with van der Waals surface area (Å²) in [5.74, 6) is -0.142. The van der Waals surface area contributed by atoms with E-state index in [0.29, 0.717) is 31.0 Å². The van der Waals surface area contributed by atoms with Crippen LogP contribution in [0.5, 0.6) is 0 Å². The quantitative estimate of drug-likeness (QED) is 0.522. The number of benzene rings is 1. The Morgan fingerprint density at radius 2 is 2.25 bits per heavy atom. The molecule has 1 aliphatic rings. The third kappa shape index (κ3) is 5.56. The fourth-order valence-corrected chi connectivity index (χ4v) is 4.44. The summed E-state index contributed by atoms with van der Waals surface area (Å²) >= 11 is 2.71. The van der Waals surface area contributed by atoms with Crippen molar-refractivity contribution in [3.05, 3.63) is 35.3 Å². The maximum Gasteiger partial charge on any atom is 0.311 e. The smallest absolute Gasteiger partial charge is 0.311 e. The summed E-state index contributed by atoms with van der Waals surface area (Å²) in [6.45, 7) is 2.82. The zero-order valence-electron chi connectivity index (χ0n) is 15.5.